The third-order valence-electron chi connectivity index (χ3n) is 10.7. The smallest absolute Gasteiger partial charge is 0.220 e. The van der Waals surface area contributed by atoms with Gasteiger partial charge in [0.2, 0.25) is 5.78 Å². The van der Waals surface area contributed by atoms with Gasteiger partial charge in [-0.05, 0) is 93.3 Å². The van der Waals surface area contributed by atoms with E-state index in [0.717, 1.165) is 22.5 Å². The van der Waals surface area contributed by atoms with Gasteiger partial charge in [-0.25, -0.2) is 4.98 Å². The van der Waals surface area contributed by atoms with Crippen LogP contribution in [0.15, 0.2) is 158 Å². The van der Waals surface area contributed by atoms with Gasteiger partial charge in [0.05, 0.1) is 38.6 Å². The van der Waals surface area contributed by atoms with Crippen LogP contribution in [0.1, 0.15) is 0 Å². The number of hydrogen-bond acceptors (Lipinski definition) is 1. The fourth-order valence-corrected chi connectivity index (χ4v) is 8.50. The van der Waals surface area contributed by atoms with E-state index in [0.29, 0.717) is 0 Å². The van der Waals surface area contributed by atoms with Gasteiger partial charge in [0.15, 0.2) is 0 Å². The summed E-state index contributed by atoms with van der Waals surface area (Å²) in [6.07, 6.45) is 0. The number of imidazole rings is 2. The van der Waals surface area contributed by atoms with Crippen molar-refractivity contribution in [2.45, 2.75) is 0 Å². The van der Waals surface area contributed by atoms with Crippen LogP contribution in [-0.2, 0) is 0 Å². The maximum absolute atomic E-state index is 5.32. The normalized spacial score (nSPS) is 12.5. The minimum Gasteiger partial charge on any atom is -0.309 e. The quantitative estimate of drug-likeness (QED) is 0.188. The molecule has 49 heavy (non-hydrogen) atoms. The molecule has 226 valence electrons. The number of hydrogen-bond donors (Lipinski definition) is 0. The molecule has 0 amide bonds. The molecule has 0 aliphatic heterocycles. The Kier molecular flexibility index (Phi) is 4.69. The van der Waals surface area contributed by atoms with Crippen molar-refractivity contribution < 1.29 is 0 Å². The Morgan fingerprint density at radius 3 is 1.84 bits per heavy atom. The number of aromatic nitrogens is 4. The molecule has 0 atom stereocenters. The van der Waals surface area contributed by atoms with Gasteiger partial charge in [0.25, 0.3) is 0 Å². The Morgan fingerprint density at radius 2 is 1.02 bits per heavy atom. The zero-order valence-electron chi connectivity index (χ0n) is 26.3. The van der Waals surface area contributed by atoms with E-state index < -0.39 is 0 Å². The molecule has 4 nitrogen and oxygen atoms in total. The second-order valence-electron chi connectivity index (χ2n) is 13.3. The highest BCUT2D eigenvalue weighted by Crippen LogP contribution is 2.42. The van der Waals surface area contributed by atoms with Gasteiger partial charge in [-0.15, -0.1) is 0 Å². The molecule has 4 heteroatoms. The molecule has 0 bridgehead atoms. The Balaban J connectivity index is 1.23. The first kappa shape index (κ1) is 25.4. The van der Waals surface area contributed by atoms with E-state index in [4.69, 9.17) is 4.98 Å². The predicted octanol–water partition coefficient (Wildman–Crippen LogP) is 11.6. The van der Waals surface area contributed by atoms with Crippen molar-refractivity contribution in [3.8, 4) is 16.8 Å². The van der Waals surface area contributed by atoms with Crippen molar-refractivity contribution in [3.63, 3.8) is 0 Å². The Bertz CT molecular complexity index is 3320. The number of para-hydroxylation sites is 2. The first-order valence-corrected chi connectivity index (χ1v) is 16.8. The maximum Gasteiger partial charge on any atom is 0.220 e. The lowest BCUT2D eigenvalue weighted by atomic mass is 9.99. The monoisotopic (exact) mass is 622 g/mol. The fourth-order valence-electron chi connectivity index (χ4n) is 8.50. The van der Waals surface area contributed by atoms with Crippen LogP contribution in [0.2, 0.25) is 0 Å². The van der Waals surface area contributed by atoms with E-state index in [1.54, 1.807) is 0 Å². The highest BCUT2D eigenvalue weighted by molar-refractivity contribution is 6.20. The number of rotatable bonds is 2. The summed E-state index contributed by atoms with van der Waals surface area (Å²) >= 11 is 0. The van der Waals surface area contributed by atoms with Gasteiger partial charge in [0.1, 0.15) is 0 Å². The lowest BCUT2D eigenvalue weighted by Gasteiger charge is -2.09. The van der Waals surface area contributed by atoms with Crippen LogP contribution in [0.4, 0.5) is 0 Å². The van der Waals surface area contributed by atoms with E-state index >= 15 is 0 Å². The Morgan fingerprint density at radius 1 is 0.367 bits per heavy atom. The molecule has 12 rings (SSSR count). The van der Waals surface area contributed by atoms with Crippen LogP contribution in [0.25, 0.3) is 104 Å². The van der Waals surface area contributed by atoms with E-state index in [1.165, 1.54) is 81.8 Å². The fraction of sp³-hybridized carbons (Fsp3) is 0. The average Bonchev–Trinajstić information content (AvgIpc) is 3.87. The Hall–Kier alpha value is -6.65. The first-order chi connectivity index (χ1) is 24.3. The molecule has 12 aromatic rings. The van der Waals surface area contributed by atoms with E-state index in [9.17, 15) is 0 Å². The van der Waals surface area contributed by atoms with Crippen LogP contribution < -0.4 is 0 Å². The standard InChI is InChI=1S/C45H26N4/c1-2-14-33(15-3-1)47-39-17-9-8-16-34(39)35-19-18-31(24-40(35)47)32-21-37-36-20-27-10-4-6-12-29(27)23-41(36)49-44(37)43(26-32)48-42-25-30-13-7-5-11-28(30)22-38(42)46-45(48)49/h1-26H. The molecule has 4 aromatic heterocycles. The van der Waals surface area contributed by atoms with Gasteiger partial charge in [-0.1, -0.05) is 97.1 Å². The van der Waals surface area contributed by atoms with Crippen LogP contribution >= 0.6 is 0 Å². The summed E-state index contributed by atoms with van der Waals surface area (Å²) in [6, 6.07) is 57.6. The molecule has 4 heterocycles. The van der Waals surface area contributed by atoms with E-state index in [1.807, 2.05) is 0 Å². The van der Waals surface area contributed by atoms with Crippen LogP contribution in [0, 0.1) is 0 Å². The summed E-state index contributed by atoms with van der Waals surface area (Å²) in [5.74, 6) is 0.951. The third kappa shape index (κ3) is 3.30. The molecular formula is C45H26N4. The molecule has 0 fully saturated rings. The topological polar surface area (TPSA) is 26.6 Å². The number of benzene rings is 8. The van der Waals surface area contributed by atoms with Crippen molar-refractivity contribution in [1.29, 1.82) is 0 Å². The molecule has 0 spiro atoms. The van der Waals surface area contributed by atoms with Crippen molar-refractivity contribution in [2.75, 3.05) is 0 Å². The summed E-state index contributed by atoms with van der Waals surface area (Å²) in [7, 11) is 0. The molecular weight excluding hydrogens is 597 g/mol. The third-order valence-corrected chi connectivity index (χ3v) is 10.7. The lowest BCUT2D eigenvalue weighted by molar-refractivity contribution is 1.18. The van der Waals surface area contributed by atoms with Crippen molar-refractivity contribution in [2.24, 2.45) is 0 Å². The summed E-state index contributed by atoms with van der Waals surface area (Å²) in [5, 5.41) is 9.92. The minimum absolute atomic E-state index is 0.951. The summed E-state index contributed by atoms with van der Waals surface area (Å²) in [4.78, 5) is 5.32. The highest BCUT2D eigenvalue weighted by Gasteiger charge is 2.23. The van der Waals surface area contributed by atoms with Gasteiger partial charge < -0.3 is 4.57 Å². The van der Waals surface area contributed by atoms with Gasteiger partial charge in [-0.3, -0.25) is 8.80 Å². The molecule has 0 unspecified atom stereocenters. The largest absolute Gasteiger partial charge is 0.309 e. The first-order valence-electron chi connectivity index (χ1n) is 16.8. The van der Waals surface area contributed by atoms with Crippen molar-refractivity contribution >= 4 is 87.5 Å². The van der Waals surface area contributed by atoms with Gasteiger partial charge in [0, 0.05) is 27.2 Å². The molecule has 0 aliphatic rings. The second-order valence-corrected chi connectivity index (χ2v) is 13.3. The summed E-state index contributed by atoms with van der Waals surface area (Å²) < 4.78 is 7.16. The highest BCUT2D eigenvalue weighted by atomic mass is 15.2. The molecule has 0 aliphatic carbocycles. The summed E-state index contributed by atoms with van der Waals surface area (Å²) in [5.41, 5.74) is 11.7. The zero-order chi connectivity index (χ0) is 31.8. The van der Waals surface area contributed by atoms with Gasteiger partial charge >= 0.3 is 0 Å². The van der Waals surface area contributed by atoms with Crippen LogP contribution in [-0.4, -0.2) is 18.4 Å². The molecule has 0 saturated heterocycles. The van der Waals surface area contributed by atoms with E-state index in [-0.39, 0.29) is 0 Å². The number of fused-ring (bicyclic) bond motifs is 13. The van der Waals surface area contributed by atoms with Crippen molar-refractivity contribution in [3.05, 3.63) is 158 Å². The second kappa shape index (κ2) is 9.03. The maximum atomic E-state index is 5.32. The summed E-state index contributed by atoms with van der Waals surface area (Å²) in [6.45, 7) is 0. The number of nitrogens with zero attached hydrogens (tertiary/aromatic N) is 4. The average molecular weight is 623 g/mol. The Labute approximate surface area is 279 Å². The minimum atomic E-state index is 0.951. The lowest BCUT2D eigenvalue weighted by Crippen LogP contribution is -1.93. The van der Waals surface area contributed by atoms with Crippen molar-refractivity contribution in [1.82, 2.24) is 18.4 Å². The SMILES string of the molecule is c1ccc(-n2c3ccccc3c3ccc(-c4cc5c6cc7ccccc7cc6n6c5c(c4)n4c5cc7ccccc7cc5nc46)cc32)cc1. The zero-order valence-corrected chi connectivity index (χ0v) is 26.3. The molecule has 0 N–H and O–H groups in total. The van der Waals surface area contributed by atoms with Gasteiger partial charge in [-0.2, -0.15) is 0 Å². The predicted molar refractivity (Wildman–Crippen MR) is 205 cm³/mol. The molecule has 0 radical (unpaired) electrons. The molecule has 0 saturated carbocycles. The van der Waals surface area contributed by atoms with Crippen LogP contribution in [0.3, 0.4) is 0 Å². The molecule has 8 aromatic carbocycles. The van der Waals surface area contributed by atoms with E-state index in [2.05, 4.69) is 171 Å². The van der Waals surface area contributed by atoms with Crippen LogP contribution in [0.5, 0.6) is 0 Å².